The van der Waals surface area contributed by atoms with Crippen molar-refractivity contribution in [3.8, 4) is 5.75 Å². The van der Waals surface area contributed by atoms with Gasteiger partial charge in [-0.3, -0.25) is 0 Å². The van der Waals surface area contributed by atoms with Crippen LogP contribution in [0.5, 0.6) is 5.75 Å². The van der Waals surface area contributed by atoms with Crippen LogP contribution >= 0.6 is 0 Å². The monoisotopic (exact) mass is 356 g/mol. The highest BCUT2D eigenvalue weighted by Crippen LogP contribution is 2.24. The molecule has 0 spiro atoms. The van der Waals surface area contributed by atoms with Crippen LogP contribution in [0.1, 0.15) is 36.2 Å². The Kier molecular flexibility index (Phi) is 7.96. The predicted octanol–water partition coefficient (Wildman–Crippen LogP) is 3.74. The zero-order valence-corrected chi connectivity index (χ0v) is 15.6. The van der Waals surface area contributed by atoms with E-state index in [1.807, 2.05) is 30.3 Å². The van der Waals surface area contributed by atoms with Gasteiger partial charge in [0, 0.05) is 18.3 Å². The van der Waals surface area contributed by atoms with Crippen LogP contribution in [0.2, 0.25) is 0 Å². The third-order valence-corrected chi connectivity index (χ3v) is 4.21. The highest BCUT2D eigenvalue weighted by atomic mass is 16.5. The van der Waals surface area contributed by atoms with Gasteiger partial charge >= 0.3 is 5.97 Å². The van der Waals surface area contributed by atoms with Gasteiger partial charge in [0.25, 0.3) is 0 Å². The van der Waals surface area contributed by atoms with E-state index in [4.69, 9.17) is 15.2 Å². The van der Waals surface area contributed by atoms with Gasteiger partial charge in [-0.05, 0) is 37.2 Å². The third kappa shape index (κ3) is 6.08. The summed E-state index contributed by atoms with van der Waals surface area (Å²) in [4.78, 5) is 14.7. The summed E-state index contributed by atoms with van der Waals surface area (Å²) in [6.07, 6.45) is 0.808. The van der Waals surface area contributed by atoms with E-state index in [9.17, 15) is 4.79 Å². The number of ether oxygens (including phenoxy) is 2. The normalized spacial score (nSPS) is 10.7. The van der Waals surface area contributed by atoms with Gasteiger partial charge in [0.2, 0.25) is 0 Å². The lowest BCUT2D eigenvalue weighted by Gasteiger charge is -2.17. The number of hydrogen-bond acceptors (Lipinski definition) is 5. The van der Waals surface area contributed by atoms with Gasteiger partial charge in [-0.1, -0.05) is 44.2 Å². The van der Waals surface area contributed by atoms with Crippen LogP contribution in [-0.2, 0) is 11.3 Å². The van der Waals surface area contributed by atoms with E-state index < -0.39 is 0 Å². The van der Waals surface area contributed by atoms with Crippen molar-refractivity contribution in [3.63, 3.8) is 0 Å². The Morgan fingerprint density at radius 3 is 2.50 bits per heavy atom. The van der Waals surface area contributed by atoms with Crippen LogP contribution in [0.3, 0.4) is 0 Å². The number of hydrogen-bond donors (Lipinski definition) is 1. The molecule has 2 aromatic carbocycles. The molecule has 5 heteroatoms. The molecule has 0 aliphatic heterocycles. The van der Waals surface area contributed by atoms with Crippen molar-refractivity contribution in [1.82, 2.24) is 4.90 Å². The molecule has 0 radical (unpaired) electrons. The molecule has 0 aliphatic rings. The molecule has 0 aliphatic carbocycles. The van der Waals surface area contributed by atoms with Crippen molar-refractivity contribution in [2.75, 3.05) is 32.0 Å². The first-order valence-corrected chi connectivity index (χ1v) is 9.09. The highest BCUT2D eigenvalue weighted by Gasteiger charge is 2.15. The Labute approximate surface area is 155 Å². The standard InChI is InChI=1S/C21H28N2O3/c1-3-23(4-2)13-8-14-25-21(24)19-12-11-18(22)15-20(19)26-16-17-9-6-5-7-10-17/h5-7,9-12,15H,3-4,8,13-14,16,22H2,1-2H3. The molecule has 2 N–H and O–H groups in total. The van der Waals surface area contributed by atoms with Gasteiger partial charge < -0.3 is 20.1 Å². The number of benzene rings is 2. The van der Waals surface area contributed by atoms with E-state index in [-0.39, 0.29) is 5.97 Å². The van der Waals surface area contributed by atoms with Gasteiger partial charge in [0.15, 0.2) is 0 Å². The van der Waals surface area contributed by atoms with Crippen molar-refractivity contribution in [2.45, 2.75) is 26.9 Å². The highest BCUT2D eigenvalue weighted by molar-refractivity contribution is 5.93. The molecule has 0 bridgehead atoms. The van der Waals surface area contributed by atoms with Gasteiger partial charge in [-0.25, -0.2) is 4.79 Å². The largest absolute Gasteiger partial charge is 0.488 e. The summed E-state index contributed by atoms with van der Waals surface area (Å²) in [5.74, 6) is 0.0650. The minimum atomic E-state index is -0.382. The van der Waals surface area contributed by atoms with E-state index in [0.717, 1.165) is 31.6 Å². The number of nitrogens with zero attached hydrogens (tertiary/aromatic N) is 1. The van der Waals surface area contributed by atoms with E-state index in [2.05, 4.69) is 18.7 Å². The smallest absolute Gasteiger partial charge is 0.341 e. The lowest BCUT2D eigenvalue weighted by Crippen LogP contribution is -2.25. The Morgan fingerprint density at radius 2 is 1.81 bits per heavy atom. The van der Waals surface area contributed by atoms with Gasteiger partial charge in [0.1, 0.15) is 17.9 Å². The molecule has 5 nitrogen and oxygen atoms in total. The number of nitrogens with two attached hydrogens (primary N) is 1. The number of esters is 1. The summed E-state index contributed by atoms with van der Waals surface area (Å²) in [5, 5.41) is 0. The van der Waals surface area contributed by atoms with Crippen LogP contribution in [-0.4, -0.2) is 37.1 Å². The van der Waals surface area contributed by atoms with Crippen LogP contribution in [0.4, 0.5) is 5.69 Å². The molecule has 0 unspecified atom stereocenters. The molecular weight excluding hydrogens is 328 g/mol. The lowest BCUT2D eigenvalue weighted by atomic mass is 10.2. The maximum Gasteiger partial charge on any atom is 0.341 e. The van der Waals surface area contributed by atoms with Crippen molar-refractivity contribution in [1.29, 1.82) is 0 Å². The van der Waals surface area contributed by atoms with Crippen LogP contribution in [0.15, 0.2) is 48.5 Å². The maximum atomic E-state index is 12.4. The summed E-state index contributed by atoms with van der Waals surface area (Å²) >= 11 is 0. The Morgan fingerprint density at radius 1 is 1.08 bits per heavy atom. The van der Waals surface area contributed by atoms with Gasteiger partial charge in [-0.15, -0.1) is 0 Å². The summed E-state index contributed by atoms with van der Waals surface area (Å²) in [6, 6.07) is 14.8. The molecule has 0 heterocycles. The minimum absolute atomic E-state index is 0.368. The fourth-order valence-corrected chi connectivity index (χ4v) is 2.63. The first-order valence-electron chi connectivity index (χ1n) is 9.09. The van der Waals surface area contributed by atoms with Crippen molar-refractivity contribution in [2.24, 2.45) is 0 Å². The topological polar surface area (TPSA) is 64.8 Å². The summed E-state index contributed by atoms with van der Waals surface area (Å²) in [6.45, 7) is 7.92. The predicted molar refractivity (Wildman–Crippen MR) is 104 cm³/mol. The van der Waals surface area contributed by atoms with E-state index >= 15 is 0 Å². The number of anilines is 1. The molecule has 0 aromatic heterocycles. The Balaban J connectivity index is 1.94. The second-order valence-corrected chi connectivity index (χ2v) is 6.05. The average molecular weight is 356 g/mol. The zero-order valence-electron chi connectivity index (χ0n) is 15.6. The molecule has 0 fully saturated rings. The second-order valence-electron chi connectivity index (χ2n) is 6.05. The van der Waals surface area contributed by atoms with Crippen LogP contribution < -0.4 is 10.5 Å². The molecule has 140 valence electrons. The first-order chi connectivity index (χ1) is 12.6. The molecule has 26 heavy (non-hydrogen) atoms. The molecule has 0 saturated carbocycles. The number of carbonyl (C=O) groups excluding carboxylic acids is 1. The van der Waals surface area contributed by atoms with Crippen LogP contribution in [0.25, 0.3) is 0 Å². The zero-order chi connectivity index (χ0) is 18.8. The summed E-state index contributed by atoms with van der Waals surface area (Å²) < 4.78 is 11.2. The SMILES string of the molecule is CCN(CC)CCCOC(=O)c1ccc(N)cc1OCc1ccccc1. The minimum Gasteiger partial charge on any atom is -0.488 e. The Bertz CT molecular complexity index is 685. The quantitative estimate of drug-likeness (QED) is 0.399. The van der Waals surface area contributed by atoms with E-state index in [1.165, 1.54) is 0 Å². The first kappa shape index (κ1) is 19.8. The van der Waals surface area contributed by atoms with Gasteiger partial charge in [-0.2, -0.15) is 0 Å². The van der Waals surface area contributed by atoms with Crippen LogP contribution in [0, 0.1) is 0 Å². The average Bonchev–Trinajstić information content (AvgIpc) is 2.67. The fraction of sp³-hybridized carbons (Fsp3) is 0.381. The molecule has 2 aromatic rings. The van der Waals surface area contributed by atoms with Crippen molar-refractivity contribution < 1.29 is 14.3 Å². The summed E-state index contributed by atoms with van der Waals surface area (Å²) in [5.41, 5.74) is 7.81. The van der Waals surface area contributed by atoms with Crippen molar-refractivity contribution in [3.05, 3.63) is 59.7 Å². The summed E-state index contributed by atoms with van der Waals surface area (Å²) in [7, 11) is 0. The maximum absolute atomic E-state index is 12.4. The molecular formula is C21H28N2O3. The molecule has 0 saturated heterocycles. The third-order valence-electron chi connectivity index (χ3n) is 4.21. The van der Waals surface area contributed by atoms with Gasteiger partial charge in [0.05, 0.1) is 6.61 Å². The van der Waals surface area contributed by atoms with E-state index in [1.54, 1.807) is 18.2 Å². The molecule has 2 rings (SSSR count). The molecule has 0 atom stereocenters. The molecule has 0 amide bonds. The lowest BCUT2D eigenvalue weighted by molar-refractivity contribution is 0.0484. The van der Waals surface area contributed by atoms with E-state index in [0.29, 0.717) is 30.2 Å². The Hall–Kier alpha value is -2.53. The second kappa shape index (κ2) is 10.5. The fourth-order valence-electron chi connectivity index (χ4n) is 2.63. The number of rotatable bonds is 10. The number of nitrogen functional groups attached to an aromatic ring is 1. The number of carbonyl (C=O) groups is 1. The van der Waals surface area contributed by atoms with Crippen molar-refractivity contribution >= 4 is 11.7 Å².